The van der Waals surface area contributed by atoms with Crippen LogP contribution in [0.2, 0.25) is 0 Å². The second-order valence-electron chi connectivity index (χ2n) is 8.73. The van der Waals surface area contributed by atoms with E-state index in [1.54, 1.807) is 0 Å². The Kier molecular flexibility index (Phi) is 6.19. The number of quaternary nitrogens is 1. The molecule has 32 heavy (non-hydrogen) atoms. The lowest BCUT2D eigenvalue weighted by Crippen LogP contribution is -3.16. The normalized spacial score (nSPS) is 18.6. The average Bonchev–Trinajstić information content (AvgIpc) is 3.10. The molecule has 2 atom stereocenters. The second-order valence-corrected chi connectivity index (χ2v) is 8.73. The number of carbonyl (C=O) groups excluding carboxylic acids is 2. The topological polar surface area (TPSA) is 78.9 Å². The molecule has 0 spiro atoms. The fourth-order valence-electron chi connectivity index (χ4n) is 4.58. The number of nitrogens with zero attached hydrogens (tertiary/aromatic N) is 1. The first-order valence-corrected chi connectivity index (χ1v) is 11.0. The zero-order valence-corrected chi connectivity index (χ0v) is 19.1. The number of aryl methyl sites for hydroxylation is 2. The van der Waals surface area contributed by atoms with Gasteiger partial charge in [0.05, 0.1) is 38.5 Å². The third kappa shape index (κ3) is 4.48. The number of esters is 1. The first-order chi connectivity index (χ1) is 15.4. The molecule has 1 unspecified atom stereocenters. The quantitative estimate of drug-likeness (QED) is 0.538. The number of hydrogen-bond donors (Lipinski definition) is 3. The van der Waals surface area contributed by atoms with Crippen molar-refractivity contribution in [1.29, 1.82) is 0 Å². The summed E-state index contributed by atoms with van der Waals surface area (Å²) in [5, 5.41) is 3.79. The molecule has 0 aliphatic carbocycles. The highest BCUT2D eigenvalue weighted by molar-refractivity contribution is 6.11. The lowest BCUT2D eigenvalue weighted by molar-refractivity contribution is -0.894. The fraction of sp³-hybridized carbons (Fsp3) is 0.360. The summed E-state index contributed by atoms with van der Waals surface area (Å²) < 4.78 is 4.91. The Morgan fingerprint density at radius 2 is 1.97 bits per heavy atom. The zero-order chi connectivity index (χ0) is 22.8. The van der Waals surface area contributed by atoms with Gasteiger partial charge < -0.3 is 24.8 Å². The van der Waals surface area contributed by atoms with E-state index in [0.717, 1.165) is 36.1 Å². The van der Waals surface area contributed by atoms with Crippen LogP contribution in [-0.4, -0.2) is 56.2 Å². The molecule has 3 aromatic rings. The summed E-state index contributed by atoms with van der Waals surface area (Å²) in [6.45, 7) is 9.29. The summed E-state index contributed by atoms with van der Waals surface area (Å²) >= 11 is 0. The lowest BCUT2D eigenvalue weighted by atomic mass is 10.1. The SMILES string of the molecule is COC(=O)c1[nH]c2ccc(C)cc2c1NC(=O)C[NH+]1CCN(c2cccc(C)c2)[C@@H](C)C1. The van der Waals surface area contributed by atoms with Crippen LogP contribution in [0.25, 0.3) is 10.9 Å². The summed E-state index contributed by atoms with van der Waals surface area (Å²) in [5.74, 6) is -0.606. The molecule has 1 aliphatic heterocycles. The van der Waals surface area contributed by atoms with E-state index in [-0.39, 0.29) is 11.6 Å². The molecule has 3 N–H and O–H groups in total. The molecule has 0 bridgehead atoms. The molecule has 7 nitrogen and oxygen atoms in total. The molecule has 2 heterocycles. The third-order valence-corrected chi connectivity index (χ3v) is 6.17. The van der Waals surface area contributed by atoms with Crippen LogP contribution in [0.15, 0.2) is 42.5 Å². The molecule has 7 heteroatoms. The minimum absolute atomic E-state index is 0.108. The highest BCUT2D eigenvalue weighted by Crippen LogP contribution is 2.29. The number of nitrogens with one attached hydrogen (secondary N) is 3. The van der Waals surface area contributed by atoms with Gasteiger partial charge in [-0.2, -0.15) is 0 Å². The van der Waals surface area contributed by atoms with E-state index >= 15 is 0 Å². The Labute approximate surface area is 188 Å². The molecule has 1 aromatic heterocycles. The van der Waals surface area contributed by atoms with E-state index in [4.69, 9.17) is 4.74 Å². The van der Waals surface area contributed by atoms with Gasteiger partial charge in [0.2, 0.25) is 0 Å². The minimum Gasteiger partial charge on any atom is -0.464 e. The molecule has 0 radical (unpaired) electrons. The van der Waals surface area contributed by atoms with Crippen molar-refractivity contribution in [2.45, 2.75) is 26.8 Å². The maximum absolute atomic E-state index is 13.0. The third-order valence-electron chi connectivity index (χ3n) is 6.17. The molecular formula is C25H31N4O3+. The van der Waals surface area contributed by atoms with E-state index in [2.05, 4.69) is 53.3 Å². The number of fused-ring (bicyclic) bond motifs is 1. The van der Waals surface area contributed by atoms with Crippen molar-refractivity contribution in [3.8, 4) is 0 Å². The number of aromatic nitrogens is 1. The van der Waals surface area contributed by atoms with Crippen LogP contribution in [0, 0.1) is 13.8 Å². The van der Waals surface area contributed by atoms with Crippen LogP contribution in [-0.2, 0) is 9.53 Å². The summed E-state index contributed by atoms with van der Waals surface area (Å²) in [7, 11) is 1.34. The van der Waals surface area contributed by atoms with Crippen molar-refractivity contribution in [2.24, 2.45) is 0 Å². The Hall–Kier alpha value is -3.32. The van der Waals surface area contributed by atoms with E-state index in [1.165, 1.54) is 23.3 Å². The molecule has 1 aliphatic rings. The van der Waals surface area contributed by atoms with Crippen LogP contribution in [0.4, 0.5) is 11.4 Å². The molecular weight excluding hydrogens is 404 g/mol. The number of ether oxygens (including phenoxy) is 1. The smallest absolute Gasteiger partial charge is 0.356 e. The average molecular weight is 436 g/mol. The van der Waals surface area contributed by atoms with Crippen LogP contribution in [0.5, 0.6) is 0 Å². The molecule has 1 amide bonds. The van der Waals surface area contributed by atoms with Crippen molar-refractivity contribution in [1.82, 2.24) is 4.98 Å². The van der Waals surface area contributed by atoms with Crippen molar-refractivity contribution in [3.05, 3.63) is 59.3 Å². The summed E-state index contributed by atoms with van der Waals surface area (Å²) in [4.78, 5) is 32.0. The number of rotatable bonds is 5. The molecule has 0 saturated carbocycles. The van der Waals surface area contributed by atoms with Crippen molar-refractivity contribution >= 4 is 34.2 Å². The first-order valence-electron chi connectivity index (χ1n) is 11.0. The summed E-state index contributed by atoms with van der Waals surface area (Å²) in [5.41, 5.74) is 5.09. The van der Waals surface area contributed by atoms with Gasteiger partial charge in [0, 0.05) is 16.6 Å². The van der Waals surface area contributed by atoms with Gasteiger partial charge in [-0.1, -0.05) is 23.8 Å². The van der Waals surface area contributed by atoms with E-state index in [0.29, 0.717) is 18.3 Å². The zero-order valence-electron chi connectivity index (χ0n) is 19.1. The number of amides is 1. The lowest BCUT2D eigenvalue weighted by Gasteiger charge is -2.38. The highest BCUT2D eigenvalue weighted by Gasteiger charge is 2.29. The number of piperazine rings is 1. The number of anilines is 2. The largest absolute Gasteiger partial charge is 0.464 e. The van der Waals surface area contributed by atoms with E-state index < -0.39 is 5.97 Å². The van der Waals surface area contributed by atoms with E-state index in [1.807, 2.05) is 25.1 Å². The highest BCUT2D eigenvalue weighted by atomic mass is 16.5. The van der Waals surface area contributed by atoms with Crippen LogP contribution >= 0.6 is 0 Å². The van der Waals surface area contributed by atoms with Gasteiger partial charge in [-0.05, 0) is 50.6 Å². The fourth-order valence-corrected chi connectivity index (χ4v) is 4.58. The van der Waals surface area contributed by atoms with E-state index in [9.17, 15) is 9.59 Å². The second kappa shape index (κ2) is 9.04. The van der Waals surface area contributed by atoms with Crippen LogP contribution in [0.3, 0.4) is 0 Å². The maximum atomic E-state index is 13.0. The van der Waals surface area contributed by atoms with Crippen LogP contribution in [0.1, 0.15) is 28.5 Å². The van der Waals surface area contributed by atoms with Gasteiger partial charge in [0.25, 0.3) is 5.91 Å². The molecule has 2 aromatic carbocycles. The summed E-state index contributed by atoms with van der Waals surface area (Å²) in [6, 6.07) is 14.7. The predicted molar refractivity (Wildman–Crippen MR) is 127 cm³/mol. The Bertz CT molecular complexity index is 1150. The molecule has 168 valence electrons. The Balaban J connectivity index is 1.46. The van der Waals surface area contributed by atoms with Gasteiger partial charge in [0.1, 0.15) is 5.69 Å². The molecule has 1 saturated heterocycles. The molecule has 1 fully saturated rings. The standard InChI is InChI=1S/C25H30N4O3/c1-16-6-5-7-19(12-16)29-11-10-28(14-18(29)3)15-22(30)27-23-20-13-17(2)8-9-21(20)26-24(23)25(31)32-4/h5-9,12-13,18,26H,10-11,14-15H2,1-4H3,(H,27,30)/p+1/t18-/m0/s1. The van der Waals surface area contributed by atoms with Crippen LogP contribution < -0.4 is 15.1 Å². The number of carbonyl (C=O) groups is 2. The number of aromatic amines is 1. The number of H-pyrrole nitrogens is 1. The minimum atomic E-state index is -0.498. The molecule has 4 rings (SSSR count). The Morgan fingerprint density at radius 1 is 1.19 bits per heavy atom. The predicted octanol–water partition coefficient (Wildman–Crippen LogP) is 2.30. The van der Waals surface area contributed by atoms with Gasteiger partial charge in [0.15, 0.2) is 6.54 Å². The summed E-state index contributed by atoms with van der Waals surface area (Å²) in [6.07, 6.45) is 0. The van der Waals surface area contributed by atoms with Crippen molar-refractivity contribution < 1.29 is 19.2 Å². The van der Waals surface area contributed by atoms with Gasteiger partial charge >= 0.3 is 5.97 Å². The number of hydrogen-bond acceptors (Lipinski definition) is 4. The monoisotopic (exact) mass is 435 g/mol. The number of methoxy groups -OCH3 is 1. The van der Waals surface area contributed by atoms with Crippen molar-refractivity contribution in [2.75, 3.05) is 43.5 Å². The van der Waals surface area contributed by atoms with Gasteiger partial charge in [-0.3, -0.25) is 4.79 Å². The van der Waals surface area contributed by atoms with Crippen molar-refractivity contribution in [3.63, 3.8) is 0 Å². The number of benzene rings is 2. The maximum Gasteiger partial charge on any atom is 0.356 e. The van der Waals surface area contributed by atoms with Gasteiger partial charge in [-0.15, -0.1) is 0 Å². The van der Waals surface area contributed by atoms with Gasteiger partial charge in [-0.25, -0.2) is 4.79 Å². The Morgan fingerprint density at radius 3 is 2.69 bits per heavy atom. The first kappa shape index (κ1) is 21.9.